The van der Waals surface area contributed by atoms with Crippen molar-refractivity contribution in [3.05, 3.63) is 359 Å². The van der Waals surface area contributed by atoms with Gasteiger partial charge in [0.05, 0.1) is 12.0 Å². The summed E-state index contributed by atoms with van der Waals surface area (Å²) >= 11 is 0. The van der Waals surface area contributed by atoms with E-state index in [9.17, 15) is 0 Å². The van der Waals surface area contributed by atoms with Gasteiger partial charge in [-0.2, -0.15) is 0 Å². The van der Waals surface area contributed by atoms with Gasteiger partial charge in [0.15, 0.2) is 0 Å². The maximum absolute atomic E-state index is 7.03. The number of rotatable bonds is 45. The van der Waals surface area contributed by atoms with Crippen LogP contribution in [0.25, 0.3) is 142 Å². The van der Waals surface area contributed by atoms with Crippen molar-refractivity contribution in [2.24, 2.45) is 0 Å². The van der Waals surface area contributed by atoms with Crippen LogP contribution in [0.5, 0.6) is 34.5 Å². The number of fused-ring (bicyclic) bond motifs is 11. The molecule has 1 aliphatic carbocycles. The third kappa shape index (κ3) is 22.7. The van der Waals surface area contributed by atoms with E-state index >= 15 is 0 Å². The van der Waals surface area contributed by atoms with Crippen molar-refractivity contribution in [1.82, 2.24) is 0 Å². The van der Waals surface area contributed by atoms with Crippen molar-refractivity contribution in [2.45, 2.75) is 259 Å². The summed E-state index contributed by atoms with van der Waals surface area (Å²) in [5.74, 6) is 21.5. The van der Waals surface area contributed by atoms with E-state index in [-0.39, 0.29) is 8.56 Å². The minimum Gasteiger partial charge on any atom is -0.494 e. The molecule has 0 N–H and O–H groups in total. The van der Waals surface area contributed by atoms with Gasteiger partial charge < -0.3 is 18.9 Å². The lowest BCUT2D eigenvalue weighted by atomic mass is 9.67. The SMILES string of the molecule is C#CC#CC#COc1ccc2cc(-c3c4ccc(CCCCCCCC)cc4c(-c4ccc5cc(Oc6ccc(C7(c8ccc(Oc9ccc%10cc(-c%11c%12ccc(CCCCCCCC)cc%12c(-c%12ccc%13cc(OCCCCCC)ccc%13c%12)c%12ccc(CCCCCCCC)cc%11%12)ccc%10c9)cc8)c8cc(C)ccc8-c8ccc(C#CC)cc87)cc6)ccc5c4)c4ccc(CCCCCCCC)cc34)ccc2c1.[HH].[HH].[HH].[HH].[HH].[HH]. The lowest BCUT2D eigenvalue weighted by molar-refractivity contribution is 0.305. The third-order valence-electron chi connectivity index (χ3n) is 30.5. The van der Waals surface area contributed by atoms with E-state index < -0.39 is 5.41 Å². The highest BCUT2D eigenvalue weighted by Gasteiger charge is 2.47. The molecule has 18 aromatic carbocycles. The molecule has 0 bridgehead atoms. The third-order valence-corrected chi connectivity index (χ3v) is 30.5. The topological polar surface area (TPSA) is 36.9 Å². The molecule has 18 aromatic rings. The fourth-order valence-electron chi connectivity index (χ4n) is 22.9. The Kier molecular flexibility index (Phi) is 32.7. The van der Waals surface area contributed by atoms with Crippen LogP contribution in [0.15, 0.2) is 303 Å². The molecule has 145 heavy (non-hydrogen) atoms. The van der Waals surface area contributed by atoms with Gasteiger partial charge in [-0.15, -0.1) is 12.3 Å². The Morgan fingerprint density at radius 2 is 0.593 bits per heavy atom. The first-order valence-corrected chi connectivity index (χ1v) is 54.7. The Morgan fingerprint density at radius 3 is 0.979 bits per heavy atom. The number of hydrogen-bond donors (Lipinski definition) is 0. The molecule has 19 rings (SSSR count). The molecule has 0 saturated carbocycles. The van der Waals surface area contributed by atoms with Crippen molar-refractivity contribution in [3.63, 3.8) is 0 Å². The molecule has 0 radical (unpaired) electrons. The van der Waals surface area contributed by atoms with E-state index in [1.54, 1.807) is 0 Å². The van der Waals surface area contributed by atoms with Gasteiger partial charge in [0, 0.05) is 26.0 Å². The molecule has 1 unspecified atom stereocenters. The van der Waals surface area contributed by atoms with Gasteiger partial charge >= 0.3 is 0 Å². The Labute approximate surface area is 871 Å². The highest BCUT2D eigenvalue weighted by molar-refractivity contribution is 6.24. The average Bonchev–Trinajstić information content (AvgIpc) is 1.62. The Hall–Kier alpha value is -14.5. The highest BCUT2D eigenvalue weighted by atomic mass is 16.5. The molecule has 0 heterocycles. The molecule has 0 amide bonds. The Morgan fingerprint density at radius 1 is 0.269 bits per heavy atom. The minimum absolute atomic E-state index is 0. The van der Waals surface area contributed by atoms with Gasteiger partial charge in [-0.05, 0) is 379 Å². The zero-order chi connectivity index (χ0) is 99.2. The van der Waals surface area contributed by atoms with Gasteiger partial charge in [-0.1, -0.05) is 388 Å². The summed E-state index contributed by atoms with van der Waals surface area (Å²) in [4.78, 5) is 0. The fourth-order valence-corrected chi connectivity index (χ4v) is 22.9. The first kappa shape index (κ1) is 99.2. The van der Waals surface area contributed by atoms with Gasteiger partial charge in [0.25, 0.3) is 0 Å². The summed E-state index contributed by atoms with van der Waals surface area (Å²) in [6, 6.07) is 115. The standard InChI is InChI=1S/C141H138O4.6H2/c1-9-16-22-28-32-36-43-101-51-81-129-131(86-101)137(113-57-53-109-95-121(69-61-105(109)91-113)142-83-40-26-20-13-5)127-79-49-103(45-38-34-30-24-18-11-3)88-133(127)139(129)115-59-55-111-97-123(71-63-107(111)93-115)144-119-73-65-117(66-74-119)141(135-85-99(8)47-77-125(135)126-78-48-100(42-15-7)90-136(126)141)118-67-75-120(76-68-118)145-124-72-64-108-94-116(60-56-112(108)98-124)140-130-82-52-102(44-37-33-29-23-17-10-2)87-132(130)138(128-80-50-104(89-134(128)140)46-39-35-31-25-19-12-4)114-58-54-110-96-122(70-62-106(110)92-114)143-84-41-27-21-14-6;;;;;;/h5,47-82,85-98H,9-12,14,16-19,21-25,27-39,41,43-46,84H2,1-4,6-8H3;6*1H. The van der Waals surface area contributed by atoms with Crippen LogP contribution in [-0.2, 0) is 31.1 Å². The van der Waals surface area contributed by atoms with E-state index in [4.69, 9.17) is 25.4 Å². The lowest BCUT2D eigenvalue weighted by Gasteiger charge is -2.34. The molecule has 0 spiro atoms. The van der Waals surface area contributed by atoms with Crippen LogP contribution in [0.2, 0.25) is 0 Å². The monoisotopic (exact) mass is 1910 g/mol. The maximum atomic E-state index is 7.03. The molecule has 4 nitrogen and oxygen atoms in total. The van der Waals surface area contributed by atoms with Crippen LogP contribution in [0.1, 0.15) is 286 Å². The second-order valence-electron chi connectivity index (χ2n) is 40.8. The molecular weight excluding hydrogens is 1760 g/mol. The molecule has 0 saturated heterocycles. The predicted octanol–water partition coefficient (Wildman–Crippen LogP) is 41.2. The number of hydrogen-bond acceptors (Lipinski definition) is 4. The second-order valence-corrected chi connectivity index (χ2v) is 40.8. The summed E-state index contributed by atoms with van der Waals surface area (Å²) in [5.41, 5.74) is 24.1. The van der Waals surface area contributed by atoms with E-state index in [1.807, 2.05) is 19.1 Å². The van der Waals surface area contributed by atoms with Crippen molar-refractivity contribution in [3.8, 4) is 138 Å². The summed E-state index contributed by atoms with van der Waals surface area (Å²) < 4.78 is 26.2. The van der Waals surface area contributed by atoms with Crippen LogP contribution in [0, 0.1) is 55.0 Å². The molecule has 4 heteroatoms. The summed E-state index contributed by atoms with van der Waals surface area (Å²) in [5, 5.41) is 19.4. The summed E-state index contributed by atoms with van der Waals surface area (Å²) in [7, 11) is 0. The normalized spacial score (nSPS) is 12.6. The van der Waals surface area contributed by atoms with Crippen molar-refractivity contribution < 1.29 is 27.5 Å². The maximum Gasteiger partial charge on any atom is 0.140 e. The van der Waals surface area contributed by atoms with Gasteiger partial charge in [-0.25, -0.2) is 0 Å². The largest absolute Gasteiger partial charge is 0.494 e. The molecule has 0 aromatic heterocycles. The van der Waals surface area contributed by atoms with Gasteiger partial charge in [0.1, 0.15) is 40.6 Å². The van der Waals surface area contributed by atoms with Crippen LogP contribution in [0.3, 0.4) is 0 Å². The molecular formula is C141H150O4. The summed E-state index contributed by atoms with van der Waals surface area (Å²) in [6.45, 7) is 16.4. The second kappa shape index (κ2) is 47.8. The Bertz CT molecular complexity index is 7970. The van der Waals surface area contributed by atoms with Gasteiger partial charge in [-0.3, -0.25) is 0 Å². The van der Waals surface area contributed by atoms with Crippen molar-refractivity contribution >= 4 is 86.2 Å². The first-order valence-electron chi connectivity index (χ1n) is 54.7. The van der Waals surface area contributed by atoms with E-state index in [0.29, 0.717) is 5.75 Å². The van der Waals surface area contributed by atoms with E-state index in [0.717, 1.165) is 111 Å². The zero-order valence-corrected chi connectivity index (χ0v) is 86.4. The number of terminal acetylenes is 1. The first-order chi connectivity index (χ1) is 71.5. The molecule has 1 aliphatic rings. The van der Waals surface area contributed by atoms with Crippen LogP contribution in [0.4, 0.5) is 0 Å². The van der Waals surface area contributed by atoms with Crippen LogP contribution in [-0.4, -0.2) is 6.61 Å². The number of unbranched alkanes of at least 4 members (excludes halogenated alkanes) is 23. The molecule has 0 aliphatic heterocycles. The average molecular weight is 1910 g/mol. The fraction of sp³-hybridized carbons (Fsp3) is 0.291. The summed E-state index contributed by atoms with van der Waals surface area (Å²) in [6.07, 6.45) is 47.3. The van der Waals surface area contributed by atoms with Crippen LogP contribution < -0.4 is 18.9 Å². The number of aryl methyl sites for hydroxylation is 5. The highest BCUT2D eigenvalue weighted by Crippen LogP contribution is 2.58. The van der Waals surface area contributed by atoms with E-state index in [2.05, 4.69) is 374 Å². The van der Waals surface area contributed by atoms with Crippen LogP contribution >= 0.6 is 0 Å². The van der Waals surface area contributed by atoms with Crippen molar-refractivity contribution in [1.29, 1.82) is 0 Å². The Balaban J connectivity index is 0.00000316. The minimum atomic E-state index is -0.733. The molecule has 738 valence electrons. The lowest BCUT2D eigenvalue weighted by Crippen LogP contribution is -2.28. The van der Waals surface area contributed by atoms with Crippen molar-refractivity contribution in [2.75, 3.05) is 6.61 Å². The molecule has 1 atom stereocenters. The van der Waals surface area contributed by atoms with E-state index in [1.165, 1.54) is 327 Å². The number of ether oxygens (including phenoxy) is 4. The molecule has 0 fully saturated rings. The number of benzene rings is 18. The quantitative estimate of drug-likeness (QED) is 0.0217. The van der Waals surface area contributed by atoms with Gasteiger partial charge in [0.2, 0.25) is 0 Å². The predicted molar refractivity (Wildman–Crippen MR) is 632 cm³/mol. The smallest absolute Gasteiger partial charge is 0.140 e. The zero-order valence-electron chi connectivity index (χ0n) is 86.4.